The van der Waals surface area contributed by atoms with E-state index in [0.29, 0.717) is 17.2 Å². The summed E-state index contributed by atoms with van der Waals surface area (Å²) in [7, 11) is 1.94. The lowest BCUT2D eigenvalue weighted by Gasteiger charge is -2.28. The van der Waals surface area contributed by atoms with Gasteiger partial charge in [-0.3, -0.25) is 0 Å². The zero-order valence-electron chi connectivity index (χ0n) is 16.6. The molecule has 0 spiro atoms. The van der Waals surface area contributed by atoms with E-state index in [9.17, 15) is 0 Å². The van der Waals surface area contributed by atoms with Crippen LogP contribution in [0.25, 0.3) is 0 Å². The molecule has 0 aromatic heterocycles. The molecule has 1 N–H and O–H groups in total. The molecule has 0 radical (unpaired) electrons. The number of methoxy groups -OCH3 is 3. The van der Waals surface area contributed by atoms with Gasteiger partial charge in [0, 0.05) is 0 Å². The van der Waals surface area contributed by atoms with E-state index < -0.39 is 7.49 Å². The molecule has 0 saturated carbocycles. The van der Waals surface area contributed by atoms with Gasteiger partial charge in [-0.1, -0.05) is 36.4 Å². The molecule has 0 atom stereocenters. The summed E-state index contributed by atoms with van der Waals surface area (Å²) < 4.78 is 23.4. The third-order valence-electron chi connectivity index (χ3n) is 4.57. The van der Waals surface area contributed by atoms with Gasteiger partial charge < -0.3 is 14.2 Å². The Bertz CT molecular complexity index is 830. The van der Waals surface area contributed by atoms with Crippen LogP contribution in [0.5, 0.6) is 17.2 Å². The Balaban J connectivity index is 2.46. The van der Waals surface area contributed by atoms with E-state index in [0.717, 1.165) is 15.9 Å². The topological polar surface area (TPSA) is 66.4 Å². The van der Waals surface area contributed by atoms with Gasteiger partial charge in [-0.15, -0.1) is 0 Å². The van der Waals surface area contributed by atoms with Gasteiger partial charge in [0.25, 0.3) is 7.49 Å². The maximum atomic E-state index is 9.15. The number of benzene rings is 3. The molecule has 6 nitrogen and oxygen atoms in total. The molecule has 0 aliphatic carbocycles. The van der Waals surface area contributed by atoms with Crippen molar-refractivity contribution >= 4 is 23.4 Å². The van der Waals surface area contributed by atoms with Crippen LogP contribution < -0.4 is 30.1 Å². The van der Waals surface area contributed by atoms with E-state index in [1.807, 2.05) is 72.8 Å². The second kappa shape index (κ2) is 9.72. The first kappa shape index (κ1) is 21.1. The number of rotatable bonds is 9. The minimum atomic E-state index is -2.89. The molecule has 7 heteroatoms. The molecular formula is C22H24O6P+. The summed E-state index contributed by atoms with van der Waals surface area (Å²) in [5.41, 5.74) is 0. The SMILES string of the molecule is COc1ccccc1[P+](OCOO)(c1ccccc1OC)c1ccccc1OC. The molecule has 0 unspecified atom stereocenters. The predicted molar refractivity (Wildman–Crippen MR) is 114 cm³/mol. The Morgan fingerprint density at radius 3 is 1.28 bits per heavy atom. The van der Waals surface area contributed by atoms with Gasteiger partial charge in [-0.25, -0.2) is 10.1 Å². The van der Waals surface area contributed by atoms with Crippen molar-refractivity contribution in [2.75, 3.05) is 28.1 Å². The normalized spacial score (nSPS) is 11.2. The maximum absolute atomic E-state index is 9.15. The molecule has 3 aromatic carbocycles. The lowest BCUT2D eigenvalue weighted by atomic mass is 10.3. The standard InChI is InChI=1S/C22H23O6P/c1-24-17-10-4-7-13-20(17)29(28-16-27-23,21-14-8-5-11-18(21)25-2)22-15-9-6-12-19(22)26-3/h4-15H,16H2,1-3H3/p+1. The van der Waals surface area contributed by atoms with E-state index in [1.54, 1.807) is 21.3 Å². The average molecular weight is 415 g/mol. The van der Waals surface area contributed by atoms with Gasteiger partial charge in [0.15, 0.2) is 33.2 Å². The molecule has 0 fully saturated rings. The minimum Gasteiger partial charge on any atom is -0.492 e. The van der Waals surface area contributed by atoms with E-state index in [1.165, 1.54) is 0 Å². The Hall–Kier alpha value is -2.63. The lowest BCUT2D eigenvalue weighted by molar-refractivity contribution is -0.277. The second-order valence-corrected chi connectivity index (χ2v) is 8.92. The van der Waals surface area contributed by atoms with Crippen molar-refractivity contribution in [2.24, 2.45) is 0 Å². The van der Waals surface area contributed by atoms with E-state index in [-0.39, 0.29) is 6.79 Å². The van der Waals surface area contributed by atoms with Crippen LogP contribution in [0.3, 0.4) is 0 Å². The Kier molecular flexibility index (Phi) is 7.07. The van der Waals surface area contributed by atoms with Gasteiger partial charge in [-0.2, -0.15) is 4.52 Å². The third kappa shape index (κ3) is 3.93. The quantitative estimate of drug-likeness (QED) is 0.250. The maximum Gasteiger partial charge on any atom is 0.257 e. The van der Waals surface area contributed by atoms with Crippen LogP contribution >= 0.6 is 7.49 Å². The number of para-hydroxylation sites is 3. The molecule has 3 rings (SSSR count). The fourth-order valence-corrected chi connectivity index (χ4v) is 7.09. The monoisotopic (exact) mass is 415 g/mol. The van der Waals surface area contributed by atoms with Crippen LogP contribution in [0.1, 0.15) is 0 Å². The summed E-state index contributed by atoms with van der Waals surface area (Å²) in [5.74, 6) is 1.95. The van der Waals surface area contributed by atoms with Crippen molar-refractivity contribution in [3.63, 3.8) is 0 Å². The Morgan fingerprint density at radius 2 is 0.966 bits per heavy atom. The number of hydrogen-bond donors (Lipinski definition) is 1. The van der Waals surface area contributed by atoms with Gasteiger partial charge in [0.05, 0.1) is 21.3 Å². The molecule has 0 heterocycles. The summed E-state index contributed by atoms with van der Waals surface area (Å²) in [6.07, 6.45) is 0. The molecule has 29 heavy (non-hydrogen) atoms. The molecule has 0 aliphatic rings. The molecule has 0 amide bonds. The summed E-state index contributed by atoms with van der Waals surface area (Å²) in [4.78, 5) is 4.37. The van der Waals surface area contributed by atoms with Gasteiger partial charge in [0.2, 0.25) is 6.79 Å². The van der Waals surface area contributed by atoms with Crippen molar-refractivity contribution < 1.29 is 28.9 Å². The van der Waals surface area contributed by atoms with Gasteiger partial charge in [0.1, 0.15) is 0 Å². The van der Waals surface area contributed by atoms with Crippen LogP contribution in [0.4, 0.5) is 0 Å². The van der Waals surface area contributed by atoms with Crippen LogP contribution in [-0.2, 0) is 9.41 Å². The highest BCUT2D eigenvalue weighted by molar-refractivity contribution is 7.92. The Morgan fingerprint density at radius 1 is 0.621 bits per heavy atom. The highest BCUT2D eigenvalue weighted by Crippen LogP contribution is 2.61. The van der Waals surface area contributed by atoms with Crippen LogP contribution in [-0.4, -0.2) is 33.4 Å². The molecule has 3 aromatic rings. The summed E-state index contributed by atoms with van der Waals surface area (Å²) in [6.45, 7) is -0.345. The first-order valence-corrected chi connectivity index (χ1v) is 10.6. The van der Waals surface area contributed by atoms with Crippen molar-refractivity contribution in [1.29, 1.82) is 0 Å². The number of ether oxygens (including phenoxy) is 3. The average Bonchev–Trinajstić information content (AvgIpc) is 2.80. The fourth-order valence-electron chi connectivity index (χ4n) is 3.37. The molecule has 0 bridgehead atoms. The smallest absolute Gasteiger partial charge is 0.257 e. The van der Waals surface area contributed by atoms with E-state index in [2.05, 4.69) is 4.89 Å². The van der Waals surface area contributed by atoms with Crippen LogP contribution in [0.15, 0.2) is 72.8 Å². The largest absolute Gasteiger partial charge is 0.492 e. The first-order chi connectivity index (χ1) is 14.2. The fraction of sp³-hybridized carbons (Fsp3) is 0.182. The zero-order chi connectivity index (χ0) is 20.7. The van der Waals surface area contributed by atoms with E-state index >= 15 is 0 Å². The number of hydrogen-bond acceptors (Lipinski definition) is 6. The lowest BCUT2D eigenvalue weighted by Crippen LogP contribution is -2.35. The highest BCUT2D eigenvalue weighted by Gasteiger charge is 2.54. The molecule has 0 saturated heterocycles. The summed E-state index contributed by atoms with van der Waals surface area (Å²) in [5, 5.41) is 11.6. The van der Waals surface area contributed by atoms with Crippen molar-refractivity contribution in [1.82, 2.24) is 0 Å². The molecule has 0 aliphatic heterocycles. The van der Waals surface area contributed by atoms with Crippen LogP contribution in [0, 0.1) is 0 Å². The summed E-state index contributed by atoms with van der Waals surface area (Å²) in [6, 6.07) is 22.9. The zero-order valence-corrected chi connectivity index (χ0v) is 17.5. The molecule has 152 valence electrons. The van der Waals surface area contributed by atoms with Gasteiger partial charge >= 0.3 is 0 Å². The molecular weight excluding hydrogens is 391 g/mol. The van der Waals surface area contributed by atoms with E-state index in [4.69, 9.17) is 24.0 Å². The summed E-state index contributed by atoms with van der Waals surface area (Å²) >= 11 is 0. The van der Waals surface area contributed by atoms with Crippen molar-refractivity contribution in [3.05, 3.63) is 72.8 Å². The van der Waals surface area contributed by atoms with Crippen molar-refractivity contribution in [3.8, 4) is 17.2 Å². The third-order valence-corrected chi connectivity index (χ3v) is 8.21. The van der Waals surface area contributed by atoms with Crippen LogP contribution in [0.2, 0.25) is 0 Å². The Labute approximate surface area is 170 Å². The first-order valence-electron chi connectivity index (χ1n) is 8.93. The van der Waals surface area contributed by atoms with Gasteiger partial charge in [-0.05, 0) is 36.4 Å². The predicted octanol–water partition coefficient (Wildman–Crippen LogP) is 3.39. The van der Waals surface area contributed by atoms with Crippen molar-refractivity contribution in [2.45, 2.75) is 0 Å². The second-order valence-electron chi connectivity index (χ2n) is 6.00. The minimum absolute atomic E-state index is 0.345. The highest BCUT2D eigenvalue weighted by atomic mass is 31.2.